The molecule has 1 aromatic rings. The van der Waals surface area contributed by atoms with E-state index in [9.17, 15) is 9.50 Å². The highest BCUT2D eigenvalue weighted by atomic mass is 19.1. The fourth-order valence-electron chi connectivity index (χ4n) is 1.25. The first-order chi connectivity index (χ1) is 7.65. The molecule has 0 heterocycles. The molecule has 0 aliphatic rings. The molecular weight excluding hydrogens is 211 g/mol. The van der Waals surface area contributed by atoms with E-state index < -0.39 is 11.9 Å². The minimum atomic E-state index is -0.674. The number of aliphatic hydroxyl groups excluding tert-OH is 1. The zero-order chi connectivity index (χ0) is 12.0. The van der Waals surface area contributed by atoms with Crippen molar-refractivity contribution in [2.24, 2.45) is 0 Å². The van der Waals surface area contributed by atoms with Gasteiger partial charge in [-0.05, 0) is 31.5 Å². The highest BCUT2D eigenvalue weighted by molar-refractivity contribution is 5.30. The van der Waals surface area contributed by atoms with Gasteiger partial charge in [-0.25, -0.2) is 4.39 Å². The summed E-state index contributed by atoms with van der Waals surface area (Å²) in [6.45, 7) is 4.85. The van der Waals surface area contributed by atoms with Crippen LogP contribution in [0, 0.1) is 5.82 Å². The molecule has 0 bridgehead atoms. The molecule has 1 N–H and O–H groups in total. The van der Waals surface area contributed by atoms with Gasteiger partial charge in [-0.1, -0.05) is 6.07 Å². The van der Waals surface area contributed by atoms with Crippen LogP contribution in [0.25, 0.3) is 0 Å². The van der Waals surface area contributed by atoms with Crippen LogP contribution >= 0.6 is 0 Å². The molecule has 16 heavy (non-hydrogen) atoms. The van der Waals surface area contributed by atoms with E-state index in [4.69, 9.17) is 9.47 Å². The minimum Gasteiger partial charge on any atom is -0.488 e. The predicted molar refractivity (Wildman–Crippen MR) is 59.0 cm³/mol. The van der Waals surface area contributed by atoms with E-state index in [0.29, 0.717) is 25.4 Å². The second-order valence-corrected chi connectivity index (χ2v) is 3.41. The van der Waals surface area contributed by atoms with Crippen LogP contribution in [0.4, 0.5) is 4.39 Å². The SMILES string of the molecule is CCOCCOc1ccc([C@H](C)O)cc1F. The topological polar surface area (TPSA) is 38.7 Å². The monoisotopic (exact) mass is 228 g/mol. The summed E-state index contributed by atoms with van der Waals surface area (Å²) in [5.74, 6) is -0.279. The third-order valence-corrected chi connectivity index (χ3v) is 2.13. The lowest BCUT2D eigenvalue weighted by Crippen LogP contribution is -2.07. The summed E-state index contributed by atoms with van der Waals surface area (Å²) in [6, 6.07) is 4.44. The number of benzene rings is 1. The van der Waals surface area contributed by atoms with E-state index in [-0.39, 0.29) is 5.75 Å². The quantitative estimate of drug-likeness (QED) is 0.759. The summed E-state index contributed by atoms with van der Waals surface area (Å²) in [5.41, 5.74) is 0.537. The number of aliphatic hydroxyl groups is 1. The Labute approximate surface area is 94.8 Å². The number of rotatable bonds is 6. The Hall–Kier alpha value is -1.13. The first-order valence-electron chi connectivity index (χ1n) is 5.33. The third-order valence-electron chi connectivity index (χ3n) is 2.13. The average Bonchev–Trinajstić information content (AvgIpc) is 2.26. The molecule has 0 aromatic heterocycles. The Morgan fingerprint density at radius 3 is 2.69 bits per heavy atom. The van der Waals surface area contributed by atoms with Gasteiger partial charge in [0.25, 0.3) is 0 Å². The maximum Gasteiger partial charge on any atom is 0.165 e. The van der Waals surface area contributed by atoms with Gasteiger partial charge in [-0.15, -0.1) is 0 Å². The Morgan fingerprint density at radius 2 is 2.12 bits per heavy atom. The maximum absolute atomic E-state index is 13.4. The van der Waals surface area contributed by atoms with Crippen LogP contribution in [0.1, 0.15) is 25.5 Å². The van der Waals surface area contributed by atoms with Crippen molar-refractivity contribution in [3.63, 3.8) is 0 Å². The molecule has 0 spiro atoms. The summed E-state index contributed by atoms with van der Waals surface area (Å²) in [7, 11) is 0. The summed E-state index contributed by atoms with van der Waals surface area (Å²) in [6.07, 6.45) is -0.674. The van der Waals surface area contributed by atoms with Gasteiger partial charge in [0.15, 0.2) is 11.6 Å². The molecule has 1 atom stereocenters. The molecule has 0 amide bonds. The molecule has 0 unspecified atom stereocenters. The Balaban J connectivity index is 2.54. The molecule has 0 saturated carbocycles. The van der Waals surface area contributed by atoms with E-state index >= 15 is 0 Å². The maximum atomic E-state index is 13.4. The van der Waals surface area contributed by atoms with Gasteiger partial charge in [-0.3, -0.25) is 0 Å². The number of ether oxygens (including phenoxy) is 2. The molecule has 4 heteroatoms. The average molecular weight is 228 g/mol. The van der Waals surface area contributed by atoms with Crippen LogP contribution in [0.2, 0.25) is 0 Å². The van der Waals surface area contributed by atoms with Crippen LogP contribution in [-0.2, 0) is 4.74 Å². The van der Waals surface area contributed by atoms with E-state index in [0.717, 1.165) is 0 Å². The van der Waals surface area contributed by atoms with E-state index in [1.807, 2.05) is 6.92 Å². The van der Waals surface area contributed by atoms with Crippen molar-refractivity contribution in [1.29, 1.82) is 0 Å². The number of halogens is 1. The third kappa shape index (κ3) is 3.79. The summed E-state index contributed by atoms with van der Waals surface area (Å²) >= 11 is 0. The standard InChI is InChI=1S/C12H17FO3/c1-3-15-6-7-16-12-5-4-10(9(2)14)8-11(12)13/h4-5,8-9,14H,3,6-7H2,1-2H3/t9-/m0/s1. The first-order valence-corrected chi connectivity index (χ1v) is 5.33. The minimum absolute atomic E-state index is 0.184. The van der Waals surface area contributed by atoms with Gasteiger partial charge in [0.05, 0.1) is 12.7 Å². The van der Waals surface area contributed by atoms with Crippen molar-refractivity contribution in [3.05, 3.63) is 29.6 Å². The van der Waals surface area contributed by atoms with Gasteiger partial charge < -0.3 is 14.6 Å². The van der Waals surface area contributed by atoms with Crippen LogP contribution in [0.15, 0.2) is 18.2 Å². The second kappa shape index (κ2) is 6.45. The lowest BCUT2D eigenvalue weighted by atomic mass is 10.1. The van der Waals surface area contributed by atoms with Gasteiger partial charge in [0.2, 0.25) is 0 Å². The highest BCUT2D eigenvalue weighted by Gasteiger charge is 2.07. The van der Waals surface area contributed by atoms with Crippen molar-refractivity contribution in [2.45, 2.75) is 20.0 Å². The van der Waals surface area contributed by atoms with Crippen molar-refractivity contribution in [1.82, 2.24) is 0 Å². The van der Waals surface area contributed by atoms with E-state index in [2.05, 4.69) is 0 Å². The Morgan fingerprint density at radius 1 is 1.38 bits per heavy atom. The van der Waals surface area contributed by atoms with E-state index in [1.54, 1.807) is 13.0 Å². The molecule has 0 aliphatic heterocycles. The van der Waals surface area contributed by atoms with Crippen molar-refractivity contribution >= 4 is 0 Å². The molecular formula is C12H17FO3. The molecule has 0 saturated heterocycles. The number of hydrogen-bond donors (Lipinski definition) is 1. The van der Waals surface area contributed by atoms with Crippen LogP contribution in [0.5, 0.6) is 5.75 Å². The first kappa shape index (κ1) is 12.9. The summed E-state index contributed by atoms with van der Waals surface area (Å²) in [4.78, 5) is 0. The van der Waals surface area contributed by atoms with Gasteiger partial charge in [-0.2, -0.15) is 0 Å². The van der Waals surface area contributed by atoms with Crippen LogP contribution in [-0.4, -0.2) is 24.9 Å². The van der Waals surface area contributed by atoms with Crippen molar-refractivity contribution in [2.75, 3.05) is 19.8 Å². The normalized spacial score (nSPS) is 12.5. The fraction of sp³-hybridized carbons (Fsp3) is 0.500. The summed E-state index contributed by atoms with van der Waals surface area (Å²) < 4.78 is 23.7. The zero-order valence-electron chi connectivity index (χ0n) is 9.57. The summed E-state index contributed by atoms with van der Waals surface area (Å²) in [5, 5.41) is 9.26. The van der Waals surface area contributed by atoms with Gasteiger partial charge in [0, 0.05) is 6.61 Å². The number of hydrogen-bond acceptors (Lipinski definition) is 3. The molecule has 1 aromatic carbocycles. The van der Waals surface area contributed by atoms with Crippen molar-refractivity contribution in [3.8, 4) is 5.75 Å². The largest absolute Gasteiger partial charge is 0.488 e. The highest BCUT2D eigenvalue weighted by Crippen LogP contribution is 2.21. The molecule has 0 fully saturated rings. The lowest BCUT2D eigenvalue weighted by molar-refractivity contribution is 0.108. The predicted octanol–water partition coefficient (Wildman–Crippen LogP) is 2.29. The zero-order valence-corrected chi connectivity index (χ0v) is 9.57. The van der Waals surface area contributed by atoms with Gasteiger partial charge >= 0.3 is 0 Å². The Bertz CT molecular complexity index is 326. The lowest BCUT2D eigenvalue weighted by Gasteiger charge is -2.09. The molecule has 0 aliphatic carbocycles. The fourth-order valence-corrected chi connectivity index (χ4v) is 1.25. The van der Waals surface area contributed by atoms with E-state index in [1.165, 1.54) is 12.1 Å². The van der Waals surface area contributed by atoms with Crippen molar-refractivity contribution < 1.29 is 19.0 Å². The molecule has 90 valence electrons. The second-order valence-electron chi connectivity index (χ2n) is 3.41. The molecule has 0 radical (unpaired) electrons. The molecule has 3 nitrogen and oxygen atoms in total. The smallest absolute Gasteiger partial charge is 0.165 e. The van der Waals surface area contributed by atoms with Crippen LogP contribution in [0.3, 0.4) is 0 Å². The Kier molecular flexibility index (Phi) is 5.22. The van der Waals surface area contributed by atoms with Gasteiger partial charge in [0.1, 0.15) is 6.61 Å². The van der Waals surface area contributed by atoms with Crippen LogP contribution < -0.4 is 4.74 Å². The molecule has 1 rings (SSSR count).